The summed E-state index contributed by atoms with van der Waals surface area (Å²) in [4.78, 5) is 23.8. The van der Waals surface area contributed by atoms with Crippen molar-refractivity contribution in [3.05, 3.63) is 34.9 Å². The Balaban J connectivity index is 1.99. The van der Waals surface area contributed by atoms with Crippen LogP contribution in [-0.4, -0.2) is 30.6 Å². The Hall–Kier alpha value is -1.88. The third-order valence-electron chi connectivity index (χ3n) is 4.43. The molecule has 0 saturated carbocycles. The Morgan fingerprint density at radius 3 is 3.00 bits per heavy atom. The first-order chi connectivity index (χ1) is 9.58. The second-order valence-electron chi connectivity index (χ2n) is 5.50. The summed E-state index contributed by atoms with van der Waals surface area (Å²) in [6.45, 7) is 0.664. The van der Waals surface area contributed by atoms with E-state index in [9.17, 15) is 14.7 Å². The van der Waals surface area contributed by atoms with E-state index in [-0.39, 0.29) is 5.91 Å². The quantitative estimate of drug-likeness (QED) is 0.749. The van der Waals surface area contributed by atoms with Crippen LogP contribution in [0.1, 0.15) is 40.4 Å². The smallest absolute Gasteiger partial charge is 0.337 e. The van der Waals surface area contributed by atoms with Gasteiger partial charge in [-0.15, -0.1) is 0 Å². The first kappa shape index (κ1) is 13.1. The van der Waals surface area contributed by atoms with Crippen LogP contribution in [0.5, 0.6) is 0 Å². The molecule has 2 N–H and O–H groups in total. The van der Waals surface area contributed by atoms with E-state index in [4.69, 9.17) is 4.74 Å². The highest BCUT2D eigenvalue weighted by molar-refractivity contribution is 5.90. The van der Waals surface area contributed by atoms with Crippen LogP contribution in [-0.2, 0) is 16.0 Å². The molecule has 106 valence electrons. The zero-order valence-electron chi connectivity index (χ0n) is 11.3. The zero-order valence-corrected chi connectivity index (χ0v) is 11.3. The summed E-state index contributed by atoms with van der Waals surface area (Å²) in [6, 6.07) is 5.08. The maximum Gasteiger partial charge on any atom is 0.337 e. The molecule has 2 atom stereocenters. The minimum atomic E-state index is -0.801. The largest absolute Gasteiger partial charge is 0.465 e. The number of aliphatic hydroxyl groups is 1. The first-order valence-electron chi connectivity index (χ1n) is 6.76. The van der Waals surface area contributed by atoms with Crippen LogP contribution in [0, 0.1) is 5.41 Å². The lowest BCUT2D eigenvalue weighted by atomic mass is 9.75. The Bertz CT molecular complexity index is 583. The highest BCUT2D eigenvalue weighted by Crippen LogP contribution is 2.50. The lowest BCUT2D eigenvalue weighted by molar-refractivity contribution is -0.140. The van der Waals surface area contributed by atoms with Gasteiger partial charge in [0.25, 0.3) is 0 Å². The highest BCUT2D eigenvalue weighted by Gasteiger charge is 2.51. The van der Waals surface area contributed by atoms with E-state index in [1.807, 2.05) is 0 Å². The standard InChI is InChI=1S/C15H17NO4/c1-20-13(18)9-3-4-11-10(7-9)8-15(12(11)17)5-2-6-16-14(15)19/h3-4,7,12,17H,2,5-6,8H2,1H3,(H,16,19). The van der Waals surface area contributed by atoms with Crippen molar-refractivity contribution in [1.29, 1.82) is 0 Å². The summed E-state index contributed by atoms with van der Waals surface area (Å²) >= 11 is 0. The number of hydrogen-bond acceptors (Lipinski definition) is 4. The van der Waals surface area contributed by atoms with E-state index in [2.05, 4.69) is 5.32 Å². The summed E-state index contributed by atoms with van der Waals surface area (Å²) in [7, 11) is 1.33. The second-order valence-corrected chi connectivity index (χ2v) is 5.50. The second kappa shape index (κ2) is 4.59. The molecule has 1 spiro atoms. The molecule has 1 heterocycles. The van der Waals surface area contributed by atoms with Crippen molar-refractivity contribution in [2.45, 2.75) is 25.4 Å². The van der Waals surface area contributed by atoms with Gasteiger partial charge in [-0.3, -0.25) is 4.79 Å². The molecule has 0 aromatic heterocycles. The van der Waals surface area contributed by atoms with E-state index in [0.717, 1.165) is 17.5 Å². The van der Waals surface area contributed by atoms with Gasteiger partial charge in [-0.25, -0.2) is 4.79 Å². The van der Waals surface area contributed by atoms with E-state index in [1.54, 1.807) is 18.2 Å². The molecule has 1 aromatic carbocycles. The molecule has 0 bridgehead atoms. The van der Waals surface area contributed by atoms with Gasteiger partial charge >= 0.3 is 5.97 Å². The first-order valence-corrected chi connectivity index (χ1v) is 6.76. The third kappa shape index (κ3) is 1.73. The number of carbonyl (C=O) groups excluding carboxylic acids is 2. The van der Waals surface area contributed by atoms with Crippen molar-refractivity contribution in [3.8, 4) is 0 Å². The molecule has 1 aliphatic carbocycles. The van der Waals surface area contributed by atoms with E-state index < -0.39 is 17.5 Å². The normalized spacial score (nSPS) is 28.1. The van der Waals surface area contributed by atoms with E-state index in [1.165, 1.54) is 7.11 Å². The Morgan fingerprint density at radius 2 is 2.30 bits per heavy atom. The highest BCUT2D eigenvalue weighted by atomic mass is 16.5. The molecule has 5 nitrogen and oxygen atoms in total. The van der Waals surface area contributed by atoms with Gasteiger partial charge in [0.15, 0.2) is 0 Å². The van der Waals surface area contributed by atoms with Crippen LogP contribution in [0.15, 0.2) is 18.2 Å². The molecular weight excluding hydrogens is 258 g/mol. The van der Waals surface area contributed by atoms with Gasteiger partial charge in [-0.2, -0.15) is 0 Å². The van der Waals surface area contributed by atoms with Gasteiger partial charge in [-0.05, 0) is 42.5 Å². The molecule has 1 aliphatic heterocycles. The Labute approximate surface area is 116 Å². The summed E-state index contributed by atoms with van der Waals surface area (Å²) in [5.74, 6) is -0.497. The Morgan fingerprint density at radius 1 is 1.50 bits per heavy atom. The number of ether oxygens (including phenoxy) is 1. The number of esters is 1. The average molecular weight is 275 g/mol. The molecule has 1 amide bonds. The van der Waals surface area contributed by atoms with Crippen molar-refractivity contribution in [1.82, 2.24) is 5.32 Å². The maximum atomic E-state index is 12.2. The van der Waals surface area contributed by atoms with Gasteiger partial charge < -0.3 is 15.2 Å². The van der Waals surface area contributed by atoms with Crippen LogP contribution < -0.4 is 5.32 Å². The molecule has 1 aromatic rings. The predicted octanol–water partition coefficient (Wildman–Crippen LogP) is 0.959. The minimum absolute atomic E-state index is 0.0907. The molecule has 20 heavy (non-hydrogen) atoms. The van der Waals surface area contributed by atoms with Gasteiger partial charge in [-0.1, -0.05) is 6.07 Å². The van der Waals surface area contributed by atoms with E-state index in [0.29, 0.717) is 24.9 Å². The lowest BCUT2D eigenvalue weighted by Gasteiger charge is -2.35. The molecule has 5 heteroatoms. The van der Waals surface area contributed by atoms with Crippen molar-refractivity contribution in [3.63, 3.8) is 0 Å². The van der Waals surface area contributed by atoms with Crippen LogP contribution in [0.2, 0.25) is 0 Å². The minimum Gasteiger partial charge on any atom is -0.465 e. The van der Waals surface area contributed by atoms with Crippen molar-refractivity contribution >= 4 is 11.9 Å². The number of piperidine rings is 1. The van der Waals surface area contributed by atoms with Gasteiger partial charge in [0.2, 0.25) is 5.91 Å². The van der Waals surface area contributed by atoms with Crippen LogP contribution in [0.3, 0.4) is 0 Å². The van der Waals surface area contributed by atoms with Crippen molar-refractivity contribution < 1.29 is 19.4 Å². The van der Waals surface area contributed by atoms with E-state index >= 15 is 0 Å². The number of methoxy groups -OCH3 is 1. The average Bonchev–Trinajstić information content (AvgIpc) is 2.74. The number of carbonyl (C=O) groups is 2. The van der Waals surface area contributed by atoms with Crippen LogP contribution in [0.4, 0.5) is 0 Å². The summed E-state index contributed by atoms with van der Waals surface area (Å²) in [6.07, 6.45) is 1.20. The molecule has 1 saturated heterocycles. The number of fused-ring (bicyclic) bond motifs is 1. The topological polar surface area (TPSA) is 75.6 Å². The molecular formula is C15H17NO4. The van der Waals surface area contributed by atoms with Gasteiger partial charge in [0, 0.05) is 6.54 Å². The zero-order chi connectivity index (χ0) is 14.3. The van der Waals surface area contributed by atoms with Gasteiger partial charge in [0.1, 0.15) is 0 Å². The fourth-order valence-electron chi connectivity index (χ4n) is 3.33. The summed E-state index contributed by atoms with van der Waals surface area (Å²) in [5.41, 5.74) is 1.29. The lowest BCUT2D eigenvalue weighted by Crippen LogP contribution is -2.48. The SMILES string of the molecule is COC(=O)c1ccc2c(c1)CC1(CCCNC1=O)C2O. The molecule has 0 radical (unpaired) electrons. The van der Waals surface area contributed by atoms with Crippen molar-refractivity contribution in [2.75, 3.05) is 13.7 Å². The Kier molecular flexibility index (Phi) is 3.01. The summed E-state index contributed by atoms with van der Waals surface area (Å²) < 4.78 is 4.70. The number of hydrogen-bond donors (Lipinski definition) is 2. The fraction of sp³-hybridized carbons (Fsp3) is 0.467. The monoisotopic (exact) mass is 275 g/mol. The van der Waals surface area contributed by atoms with Gasteiger partial charge in [0.05, 0.1) is 24.2 Å². The number of nitrogens with one attached hydrogen (secondary N) is 1. The molecule has 2 unspecified atom stereocenters. The number of aliphatic hydroxyl groups excluding tert-OH is 1. The number of amides is 1. The van der Waals surface area contributed by atoms with Crippen LogP contribution >= 0.6 is 0 Å². The fourth-order valence-corrected chi connectivity index (χ4v) is 3.33. The molecule has 2 aliphatic rings. The predicted molar refractivity (Wildman–Crippen MR) is 71.1 cm³/mol. The van der Waals surface area contributed by atoms with Crippen LogP contribution in [0.25, 0.3) is 0 Å². The number of rotatable bonds is 1. The third-order valence-corrected chi connectivity index (χ3v) is 4.43. The maximum absolute atomic E-state index is 12.2. The molecule has 1 fully saturated rings. The van der Waals surface area contributed by atoms with Crippen molar-refractivity contribution in [2.24, 2.45) is 5.41 Å². The number of benzene rings is 1. The summed E-state index contributed by atoms with van der Waals surface area (Å²) in [5, 5.41) is 13.4. The molecule has 3 rings (SSSR count).